The molecular weight excluding hydrogens is 222 g/mol. The average molecular weight is 243 g/mol. The number of rotatable bonds is 11. The van der Waals surface area contributed by atoms with Gasteiger partial charge in [-0.25, -0.2) is 0 Å². The van der Waals surface area contributed by atoms with Crippen molar-refractivity contribution in [3.05, 3.63) is 22.3 Å². The third-order valence-corrected chi connectivity index (χ3v) is 2.42. The van der Waals surface area contributed by atoms with Gasteiger partial charge in [-0.15, -0.1) is 0 Å². The van der Waals surface area contributed by atoms with E-state index in [-0.39, 0.29) is 17.9 Å². The van der Waals surface area contributed by atoms with E-state index in [1.54, 1.807) is 6.08 Å². The summed E-state index contributed by atoms with van der Waals surface area (Å²) in [6.45, 7) is 0.0813. The van der Waals surface area contributed by atoms with Crippen LogP contribution in [0.3, 0.4) is 0 Å². The zero-order valence-electron chi connectivity index (χ0n) is 10.1. The molecule has 0 aromatic carbocycles. The van der Waals surface area contributed by atoms with E-state index >= 15 is 0 Å². The molecule has 0 amide bonds. The van der Waals surface area contributed by atoms with Crippen LogP contribution in [0, 0.1) is 10.1 Å². The molecule has 0 saturated carbocycles. The Labute approximate surface area is 102 Å². The SMILES string of the molecule is O=C(O)CC=CCCCCCCCC[N+](=O)[O-]. The first-order valence-corrected chi connectivity index (χ1v) is 6.11. The fraction of sp³-hybridized carbons (Fsp3) is 0.750. The number of allylic oxidation sites excluding steroid dienone is 1. The Morgan fingerprint density at radius 1 is 1.06 bits per heavy atom. The lowest BCUT2D eigenvalue weighted by molar-refractivity contribution is -0.480. The van der Waals surface area contributed by atoms with Crippen molar-refractivity contribution >= 4 is 5.97 Å². The third kappa shape index (κ3) is 14.6. The number of aliphatic carboxylic acids is 1. The highest BCUT2D eigenvalue weighted by atomic mass is 16.6. The van der Waals surface area contributed by atoms with E-state index in [0.717, 1.165) is 38.5 Å². The highest BCUT2D eigenvalue weighted by Crippen LogP contribution is 2.07. The van der Waals surface area contributed by atoms with Crippen molar-refractivity contribution < 1.29 is 14.8 Å². The monoisotopic (exact) mass is 243 g/mol. The lowest BCUT2D eigenvalue weighted by Crippen LogP contribution is -1.99. The predicted molar refractivity (Wildman–Crippen MR) is 65.6 cm³/mol. The van der Waals surface area contributed by atoms with Crippen LogP contribution in [0.1, 0.15) is 51.4 Å². The summed E-state index contributed by atoms with van der Waals surface area (Å²) in [6, 6.07) is 0. The predicted octanol–water partition coefficient (Wildman–Crippen LogP) is 3.02. The Morgan fingerprint density at radius 2 is 1.65 bits per heavy atom. The first-order valence-electron chi connectivity index (χ1n) is 6.11. The van der Waals surface area contributed by atoms with E-state index in [0.29, 0.717) is 6.42 Å². The summed E-state index contributed by atoms with van der Waals surface area (Å²) < 4.78 is 0. The highest BCUT2D eigenvalue weighted by Gasteiger charge is 1.96. The fourth-order valence-electron chi connectivity index (χ4n) is 1.51. The minimum Gasteiger partial charge on any atom is -0.481 e. The minimum absolute atomic E-state index is 0.0813. The summed E-state index contributed by atoms with van der Waals surface area (Å²) in [5, 5.41) is 18.4. The topological polar surface area (TPSA) is 80.4 Å². The van der Waals surface area contributed by atoms with Crippen LogP contribution >= 0.6 is 0 Å². The first-order chi connectivity index (χ1) is 8.13. The van der Waals surface area contributed by atoms with Crippen LogP contribution in [0.4, 0.5) is 0 Å². The van der Waals surface area contributed by atoms with Gasteiger partial charge in [-0.1, -0.05) is 31.4 Å². The van der Waals surface area contributed by atoms with E-state index in [1.165, 1.54) is 0 Å². The van der Waals surface area contributed by atoms with Gasteiger partial charge in [0.15, 0.2) is 0 Å². The molecule has 0 bridgehead atoms. The van der Waals surface area contributed by atoms with E-state index in [1.807, 2.05) is 6.08 Å². The maximum Gasteiger partial charge on any atom is 0.307 e. The van der Waals surface area contributed by atoms with Crippen LogP contribution < -0.4 is 0 Å². The molecule has 0 radical (unpaired) electrons. The van der Waals surface area contributed by atoms with Crippen LogP contribution in [-0.2, 0) is 4.79 Å². The number of carbonyl (C=O) groups is 1. The van der Waals surface area contributed by atoms with Crippen LogP contribution in [0.25, 0.3) is 0 Å². The van der Waals surface area contributed by atoms with Gasteiger partial charge < -0.3 is 5.11 Å². The molecule has 1 N–H and O–H groups in total. The molecule has 5 nitrogen and oxygen atoms in total. The first kappa shape index (κ1) is 15.6. The minimum atomic E-state index is -0.799. The Bertz CT molecular complexity index is 251. The highest BCUT2D eigenvalue weighted by molar-refractivity contribution is 5.68. The maximum atomic E-state index is 10.2. The number of carboxylic acids is 1. The van der Waals surface area contributed by atoms with Gasteiger partial charge in [0.25, 0.3) is 0 Å². The molecule has 0 saturated heterocycles. The molecule has 0 aliphatic heterocycles. The van der Waals surface area contributed by atoms with E-state index < -0.39 is 5.97 Å². The molecule has 0 atom stereocenters. The normalized spacial score (nSPS) is 10.8. The third-order valence-electron chi connectivity index (χ3n) is 2.42. The van der Waals surface area contributed by atoms with Gasteiger partial charge in [-0.3, -0.25) is 14.9 Å². The number of carboxylic acid groups (broad SMARTS) is 1. The van der Waals surface area contributed by atoms with Crippen LogP contribution in [0.2, 0.25) is 0 Å². The van der Waals surface area contributed by atoms with Crippen LogP contribution in [-0.4, -0.2) is 22.5 Å². The summed E-state index contributed by atoms with van der Waals surface area (Å²) in [4.78, 5) is 20.0. The lowest BCUT2D eigenvalue weighted by atomic mass is 10.1. The van der Waals surface area contributed by atoms with Crippen molar-refractivity contribution in [2.45, 2.75) is 51.4 Å². The molecule has 0 aromatic rings. The zero-order valence-corrected chi connectivity index (χ0v) is 10.1. The number of nitrogens with zero attached hydrogens (tertiary/aromatic N) is 1. The van der Waals surface area contributed by atoms with Crippen molar-refractivity contribution in [1.29, 1.82) is 0 Å². The molecule has 17 heavy (non-hydrogen) atoms. The molecule has 0 fully saturated rings. The second kappa shape index (κ2) is 11.1. The second-order valence-electron chi connectivity index (χ2n) is 4.04. The molecule has 0 aromatic heterocycles. The van der Waals surface area contributed by atoms with Crippen molar-refractivity contribution in [3.63, 3.8) is 0 Å². The molecule has 0 spiro atoms. The van der Waals surface area contributed by atoms with Crippen molar-refractivity contribution in [2.75, 3.05) is 6.54 Å². The van der Waals surface area contributed by atoms with Gasteiger partial charge in [-0.2, -0.15) is 0 Å². The Kier molecular flexibility index (Phi) is 10.2. The van der Waals surface area contributed by atoms with Crippen LogP contribution in [0.5, 0.6) is 0 Å². The number of hydrogen-bond acceptors (Lipinski definition) is 3. The second-order valence-corrected chi connectivity index (χ2v) is 4.04. The summed E-state index contributed by atoms with van der Waals surface area (Å²) >= 11 is 0. The number of hydrogen-bond donors (Lipinski definition) is 1. The quantitative estimate of drug-likeness (QED) is 0.262. The molecule has 0 aliphatic carbocycles. The Morgan fingerprint density at radius 3 is 2.24 bits per heavy atom. The number of unbranched alkanes of at least 4 members (excludes halogenated alkanes) is 6. The van der Waals surface area contributed by atoms with Gasteiger partial charge in [0.2, 0.25) is 6.54 Å². The van der Waals surface area contributed by atoms with Crippen molar-refractivity contribution in [3.8, 4) is 0 Å². The van der Waals surface area contributed by atoms with E-state index in [2.05, 4.69) is 0 Å². The fourth-order valence-corrected chi connectivity index (χ4v) is 1.51. The summed E-state index contributed by atoms with van der Waals surface area (Å²) in [6.07, 6.45) is 10.5. The molecule has 5 heteroatoms. The lowest BCUT2D eigenvalue weighted by Gasteiger charge is -1.98. The molecule has 0 aliphatic rings. The standard InChI is InChI=1S/C12H21NO4/c14-12(15)10-8-6-4-2-1-3-5-7-9-11-13(16)17/h6,8H,1-5,7,9-11H2,(H,14,15). The average Bonchev–Trinajstić information content (AvgIpc) is 2.25. The van der Waals surface area contributed by atoms with Crippen molar-refractivity contribution in [1.82, 2.24) is 0 Å². The van der Waals surface area contributed by atoms with Crippen molar-refractivity contribution in [2.24, 2.45) is 0 Å². The van der Waals surface area contributed by atoms with Gasteiger partial charge in [0.1, 0.15) is 0 Å². The Balaban J connectivity index is 3.11. The van der Waals surface area contributed by atoms with E-state index in [9.17, 15) is 14.9 Å². The summed E-state index contributed by atoms with van der Waals surface area (Å²) in [5.74, 6) is -0.799. The molecule has 0 rings (SSSR count). The molecular formula is C12H21NO4. The number of nitro groups is 1. The maximum absolute atomic E-state index is 10.2. The smallest absolute Gasteiger partial charge is 0.307 e. The van der Waals surface area contributed by atoms with E-state index in [4.69, 9.17) is 5.11 Å². The van der Waals surface area contributed by atoms with Gasteiger partial charge in [0.05, 0.1) is 6.42 Å². The summed E-state index contributed by atoms with van der Waals surface area (Å²) in [7, 11) is 0. The largest absolute Gasteiger partial charge is 0.481 e. The summed E-state index contributed by atoms with van der Waals surface area (Å²) in [5.41, 5.74) is 0. The van der Waals surface area contributed by atoms with Gasteiger partial charge in [-0.05, 0) is 19.3 Å². The molecule has 0 heterocycles. The Hall–Kier alpha value is -1.39. The zero-order chi connectivity index (χ0) is 12.9. The van der Waals surface area contributed by atoms with Crippen LogP contribution in [0.15, 0.2) is 12.2 Å². The molecule has 98 valence electrons. The van der Waals surface area contributed by atoms with Gasteiger partial charge >= 0.3 is 5.97 Å². The van der Waals surface area contributed by atoms with Gasteiger partial charge in [0, 0.05) is 11.3 Å². The molecule has 0 unspecified atom stereocenters.